The summed E-state index contributed by atoms with van der Waals surface area (Å²) in [4.78, 5) is 21.5. The molecule has 7 nitrogen and oxygen atoms in total. The van der Waals surface area contributed by atoms with E-state index in [2.05, 4.69) is 20.4 Å². The van der Waals surface area contributed by atoms with Crippen molar-refractivity contribution in [2.45, 2.75) is 20.5 Å². The summed E-state index contributed by atoms with van der Waals surface area (Å²) >= 11 is 0. The zero-order chi connectivity index (χ0) is 20.9. The van der Waals surface area contributed by atoms with Crippen molar-refractivity contribution in [3.63, 3.8) is 0 Å². The number of para-hydroxylation sites is 1. The topological polar surface area (TPSA) is 90.1 Å². The Morgan fingerprint density at radius 2 is 1.70 bits per heavy atom. The van der Waals surface area contributed by atoms with Crippen LogP contribution in [0.25, 0.3) is 11.4 Å². The van der Waals surface area contributed by atoms with Gasteiger partial charge in [-0.25, -0.2) is 9.97 Å². The molecule has 0 saturated carbocycles. The highest BCUT2D eigenvalue weighted by Gasteiger charge is 2.15. The number of carbonyl (C=O) groups excluding carboxylic acids is 1. The number of ether oxygens (including phenoxy) is 1. The fraction of sp³-hybridized carbons (Fsp3) is 0.130. The predicted molar refractivity (Wildman–Crippen MR) is 112 cm³/mol. The average Bonchev–Trinajstić information content (AvgIpc) is 3.11. The second-order valence-electron chi connectivity index (χ2n) is 6.70. The smallest absolute Gasteiger partial charge is 0.259 e. The minimum atomic E-state index is -0.305. The second kappa shape index (κ2) is 8.57. The molecule has 0 saturated heterocycles. The molecule has 0 aliphatic rings. The number of nitrogens with zero attached hydrogens (tertiary/aromatic N) is 3. The molecule has 0 bridgehead atoms. The largest absolute Gasteiger partial charge is 0.488 e. The highest BCUT2D eigenvalue weighted by atomic mass is 16.5. The van der Waals surface area contributed by atoms with E-state index >= 15 is 0 Å². The van der Waals surface area contributed by atoms with E-state index < -0.39 is 0 Å². The van der Waals surface area contributed by atoms with E-state index in [0.29, 0.717) is 28.6 Å². The normalized spacial score (nSPS) is 10.6. The monoisotopic (exact) mass is 400 g/mol. The lowest BCUT2D eigenvalue weighted by Gasteiger charge is -2.11. The van der Waals surface area contributed by atoms with Gasteiger partial charge in [0, 0.05) is 5.56 Å². The molecule has 0 atom stereocenters. The summed E-state index contributed by atoms with van der Waals surface area (Å²) in [7, 11) is 0. The van der Waals surface area contributed by atoms with Crippen molar-refractivity contribution < 1.29 is 14.1 Å². The van der Waals surface area contributed by atoms with Gasteiger partial charge in [0.15, 0.2) is 5.82 Å². The van der Waals surface area contributed by atoms with Crippen LogP contribution in [-0.4, -0.2) is 21.0 Å². The van der Waals surface area contributed by atoms with Crippen molar-refractivity contribution in [3.05, 3.63) is 89.6 Å². The van der Waals surface area contributed by atoms with Crippen molar-refractivity contribution in [1.29, 1.82) is 0 Å². The number of carbonyl (C=O) groups is 1. The van der Waals surface area contributed by atoms with Gasteiger partial charge in [0.05, 0.1) is 34.9 Å². The Bertz CT molecular complexity index is 1140. The third-order valence-electron chi connectivity index (χ3n) is 4.63. The van der Waals surface area contributed by atoms with Gasteiger partial charge in [0.25, 0.3) is 5.91 Å². The average molecular weight is 400 g/mol. The van der Waals surface area contributed by atoms with Crippen molar-refractivity contribution in [2.75, 3.05) is 5.32 Å². The summed E-state index contributed by atoms with van der Waals surface area (Å²) in [5.74, 6) is 1.46. The SMILES string of the molecule is Cc1noc(C)c1COc1ccccc1C(=O)Nc1cnc(-c2ccccc2)nc1. The summed E-state index contributed by atoms with van der Waals surface area (Å²) in [6, 6.07) is 16.7. The minimum Gasteiger partial charge on any atom is -0.488 e. The molecular weight excluding hydrogens is 380 g/mol. The lowest BCUT2D eigenvalue weighted by Crippen LogP contribution is -2.14. The molecule has 0 radical (unpaired) electrons. The Kier molecular flexibility index (Phi) is 5.52. The first kappa shape index (κ1) is 19.3. The molecule has 30 heavy (non-hydrogen) atoms. The van der Waals surface area contributed by atoms with Crippen molar-refractivity contribution in [3.8, 4) is 17.1 Å². The van der Waals surface area contributed by atoms with Crippen LogP contribution in [-0.2, 0) is 6.61 Å². The molecule has 0 unspecified atom stereocenters. The van der Waals surface area contributed by atoms with Gasteiger partial charge in [-0.15, -0.1) is 0 Å². The van der Waals surface area contributed by atoms with E-state index in [9.17, 15) is 4.79 Å². The highest BCUT2D eigenvalue weighted by Crippen LogP contribution is 2.23. The molecule has 0 spiro atoms. The van der Waals surface area contributed by atoms with Gasteiger partial charge in [-0.2, -0.15) is 0 Å². The maximum Gasteiger partial charge on any atom is 0.259 e. The highest BCUT2D eigenvalue weighted by molar-refractivity contribution is 6.06. The summed E-state index contributed by atoms with van der Waals surface area (Å²) in [5.41, 5.74) is 3.46. The van der Waals surface area contributed by atoms with Gasteiger partial charge in [-0.05, 0) is 26.0 Å². The Labute approximate surface area is 173 Å². The molecule has 0 aliphatic heterocycles. The molecule has 150 valence electrons. The summed E-state index contributed by atoms with van der Waals surface area (Å²) in [6.45, 7) is 3.95. The number of nitrogens with one attached hydrogen (secondary N) is 1. The molecule has 2 heterocycles. The maximum atomic E-state index is 12.8. The quantitative estimate of drug-likeness (QED) is 0.509. The predicted octanol–water partition coefficient (Wildman–Crippen LogP) is 4.58. The van der Waals surface area contributed by atoms with Gasteiger partial charge < -0.3 is 14.6 Å². The summed E-state index contributed by atoms with van der Waals surface area (Å²) in [5, 5.41) is 6.74. The molecular formula is C23H20N4O3. The van der Waals surface area contributed by atoms with Gasteiger partial charge in [-0.3, -0.25) is 4.79 Å². The van der Waals surface area contributed by atoms with Gasteiger partial charge in [0.2, 0.25) is 0 Å². The Morgan fingerprint density at radius 3 is 2.40 bits per heavy atom. The van der Waals surface area contributed by atoms with E-state index in [4.69, 9.17) is 9.26 Å². The molecule has 0 aliphatic carbocycles. The Hall–Kier alpha value is -4.00. The Balaban J connectivity index is 1.47. The lowest BCUT2D eigenvalue weighted by molar-refractivity contribution is 0.102. The lowest BCUT2D eigenvalue weighted by atomic mass is 10.1. The zero-order valence-electron chi connectivity index (χ0n) is 16.6. The van der Waals surface area contributed by atoms with Crippen LogP contribution in [0.4, 0.5) is 5.69 Å². The van der Waals surface area contributed by atoms with E-state index in [1.807, 2.05) is 50.2 Å². The summed E-state index contributed by atoms with van der Waals surface area (Å²) in [6.07, 6.45) is 3.17. The van der Waals surface area contributed by atoms with Crippen molar-refractivity contribution >= 4 is 11.6 Å². The van der Waals surface area contributed by atoms with Crippen LogP contribution in [0.3, 0.4) is 0 Å². The van der Waals surface area contributed by atoms with Crippen molar-refractivity contribution in [1.82, 2.24) is 15.1 Å². The summed E-state index contributed by atoms with van der Waals surface area (Å²) < 4.78 is 11.0. The minimum absolute atomic E-state index is 0.264. The fourth-order valence-corrected chi connectivity index (χ4v) is 2.97. The number of aromatic nitrogens is 3. The van der Waals surface area contributed by atoms with Gasteiger partial charge in [0.1, 0.15) is 18.1 Å². The van der Waals surface area contributed by atoms with Crippen LogP contribution >= 0.6 is 0 Å². The third kappa shape index (κ3) is 4.20. The molecule has 2 aromatic carbocycles. The zero-order valence-corrected chi connectivity index (χ0v) is 16.6. The van der Waals surface area contributed by atoms with Gasteiger partial charge >= 0.3 is 0 Å². The molecule has 7 heteroatoms. The first-order valence-electron chi connectivity index (χ1n) is 9.44. The Morgan fingerprint density at radius 1 is 1.00 bits per heavy atom. The molecule has 1 amide bonds. The first-order valence-corrected chi connectivity index (χ1v) is 9.44. The number of aryl methyl sites for hydroxylation is 2. The van der Waals surface area contributed by atoms with E-state index in [0.717, 1.165) is 16.8 Å². The van der Waals surface area contributed by atoms with Crippen LogP contribution in [0.1, 0.15) is 27.4 Å². The molecule has 4 rings (SSSR count). The van der Waals surface area contributed by atoms with Crippen LogP contribution in [0, 0.1) is 13.8 Å². The van der Waals surface area contributed by atoms with E-state index in [-0.39, 0.29) is 12.5 Å². The second-order valence-corrected chi connectivity index (χ2v) is 6.70. The van der Waals surface area contributed by atoms with Gasteiger partial charge in [-0.1, -0.05) is 47.6 Å². The standard InChI is InChI=1S/C23H20N4O3/c1-15-20(16(2)30-27-15)14-29-21-11-7-6-10-19(21)23(28)26-18-12-24-22(25-13-18)17-8-4-3-5-9-17/h3-13H,14H2,1-2H3,(H,26,28). The third-order valence-corrected chi connectivity index (χ3v) is 4.63. The van der Waals surface area contributed by atoms with Crippen LogP contribution in [0.5, 0.6) is 5.75 Å². The number of hydrogen-bond acceptors (Lipinski definition) is 6. The number of benzene rings is 2. The van der Waals surface area contributed by atoms with E-state index in [1.165, 1.54) is 0 Å². The number of rotatable bonds is 6. The fourth-order valence-electron chi connectivity index (χ4n) is 2.97. The molecule has 4 aromatic rings. The molecule has 1 N–H and O–H groups in total. The number of hydrogen-bond donors (Lipinski definition) is 1. The number of anilines is 1. The van der Waals surface area contributed by atoms with Crippen LogP contribution in [0.15, 0.2) is 71.5 Å². The van der Waals surface area contributed by atoms with Crippen LogP contribution < -0.4 is 10.1 Å². The molecule has 0 fully saturated rings. The maximum absolute atomic E-state index is 12.8. The van der Waals surface area contributed by atoms with Crippen molar-refractivity contribution in [2.24, 2.45) is 0 Å². The first-order chi connectivity index (χ1) is 14.6. The number of amides is 1. The van der Waals surface area contributed by atoms with Crippen LogP contribution in [0.2, 0.25) is 0 Å². The molecule has 2 aromatic heterocycles. The van der Waals surface area contributed by atoms with E-state index in [1.54, 1.807) is 30.6 Å².